The number of carbonyl (C=O) groups excluding carboxylic acids is 1. The average Bonchev–Trinajstić information content (AvgIpc) is 3.16. The summed E-state index contributed by atoms with van der Waals surface area (Å²) < 4.78 is 0. The van der Waals surface area contributed by atoms with E-state index in [9.17, 15) is 4.79 Å². The van der Waals surface area contributed by atoms with Crippen LogP contribution in [0.2, 0.25) is 0 Å². The van der Waals surface area contributed by atoms with E-state index in [2.05, 4.69) is 27.1 Å². The molecule has 0 aliphatic heterocycles. The molecule has 1 atom stereocenters. The maximum atomic E-state index is 12.2. The largest absolute Gasteiger partial charge is 0.395 e. The number of aliphatic hydroxyl groups excluding tert-OH is 1. The number of aromatic nitrogens is 2. The molecule has 2 rings (SSSR count). The lowest BCUT2D eigenvalue weighted by Crippen LogP contribution is -2.28. The second kappa shape index (κ2) is 7.62. The minimum absolute atomic E-state index is 0.0487. The van der Waals surface area contributed by atoms with Gasteiger partial charge in [0.15, 0.2) is 0 Å². The fourth-order valence-corrected chi connectivity index (χ4v) is 2.58. The Morgan fingerprint density at radius 1 is 1.57 bits per heavy atom. The van der Waals surface area contributed by atoms with Gasteiger partial charge in [-0.2, -0.15) is 0 Å². The third-order valence-electron chi connectivity index (χ3n) is 2.84. The van der Waals surface area contributed by atoms with Crippen LogP contribution >= 0.6 is 11.3 Å². The normalized spacial score (nSPS) is 11.5. The Bertz CT molecular complexity index is 637. The molecule has 0 aliphatic rings. The maximum Gasteiger partial charge on any atom is 0.261 e. The number of carbonyl (C=O) groups is 1. The number of hydrogen-bond acceptors (Lipinski definition) is 4. The van der Waals surface area contributed by atoms with Crippen molar-refractivity contribution in [2.75, 3.05) is 6.61 Å². The van der Waals surface area contributed by atoms with E-state index in [4.69, 9.17) is 5.11 Å². The number of imidazole rings is 1. The van der Waals surface area contributed by atoms with Crippen LogP contribution in [0.25, 0.3) is 0 Å². The van der Waals surface area contributed by atoms with Crippen LogP contribution in [0.5, 0.6) is 0 Å². The molecule has 0 fully saturated rings. The molecule has 0 spiro atoms. The van der Waals surface area contributed by atoms with E-state index in [0.29, 0.717) is 11.3 Å². The van der Waals surface area contributed by atoms with Gasteiger partial charge < -0.3 is 15.4 Å². The summed E-state index contributed by atoms with van der Waals surface area (Å²) in [6, 6.07) is 3.45. The second-order valence-corrected chi connectivity index (χ2v) is 5.43. The predicted molar refractivity (Wildman–Crippen MR) is 82.0 cm³/mol. The van der Waals surface area contributed by atoms with Gasteiger partial charge in [0, 0.05) is 18.8 Å². The van der Waals surface area contributed by atoms with Crippen molar-refractivity contribution in [3.63, 3.8) is 0 Å². The molecule has 0 radical (unpaired) electrons. The van der Waals surface area contributed by atoms with Gasteiger partial charge in [-0.1, -0.05) is 18.8 Å². The highest BCUT2D eigenvalue weighted by molar-refractivity contribution is 7.14. The van der Waals surface area contributed by atoms with Gasteiger partial charge in [0.05, 0.1) is 22.4 Å². The van der Waals surface area contributed by atoms with Gasteiger partial charge in [-0.15, -0.1) is 11.3 Å². The third kappa shape index (κ3) is 4.18. The van der Waals surface area contributed by atoms with Crippen LogP contribution in [-0.4, -0.2) is 27.6 Å². The van der Waals surface area contributed by atoms with E-state index in [1.165, 1.54) is 11.3 Å². The van der Waals surface area contributed by atoms with Crippen molar-refractivity contribution < 1.29 is 9.90 Å². The molecule has 1 unspecified atom stereocenters. The Kier molecular flexibility index (Phi) is 5.55. The van der Waals surface area contributed by atoms with E-state index in [1.54, 1.807) is 18.5 Å². The highest BCUT2D eigenvalue weighted by Gasteiger charge is 2.16. The van der Waals surface area contributed by atoms with Crippen molar-refractivity contribution in [1.29, 1.82) is 0 Å². The number of aliphatic hydroxyl groups is 1. The zero-order chi connectivity index (χ0) is 15.1. The van der Waals surface area contributed by atoms with Crippen LogP contribution in [0.3, 0.4) is 0 Å². The Morgan fingerprint density at radius 2 is 2.43 bits per heavy atom. The van der Waals surface area contributed by atoms with Crippen LogP contribution in [0.15, 0.2) is 24.5 Å². The van der Waals surface area contributed by atoms with Crippen LogP contribution in [0, 0.1) is 11.8 Å². The van der Waals surface area contributed by atoms with E-state index >= 15 is 0 Å². The summed E-state index contributed by atoms with van der Waals surface area (Å²) in [7, 11) is 0. The fraction of sp³-hybridized carbons (Fsp3) is 0.333. The van der Waals surface area contributed by atoms with Gasteiger partial charge in [-0.05, 0) is 18.6 Å². The molecule has 3 N–H and O–H groups in total. The second-order valence-electron chi connectivity index (χ2n) is 4.35. The Labute approximate surface area is 127 Å². The van der Waals surface area contributed by atoms with E-state index in [1.807, 2.05) is 13.0 Å². The van der Waals surface area contributed by atoms with Gasteiger partial charge in [-0.25, -0.2) is 4.98 Å². The van der Waals surface area contributed by atoms with Gasteiger partial charge in [-0.3, -0.25) is 4.79 Å². The molecular weight excluding hydrogens is 286 g/mol. The Morgan fingerprint density at radius 3 is 3.10 bits per heavy atom. The summed E-state index contributed by atoms with van der Waals surface area (Å²) in [5, 5.41) is 11.6. The van der Waals surface area contributed by atoms with Crippen LogP contribution in [-0.2, 0) is 0 Å². The highest BCUT2D eigenvalue weighted by atomic mass is 32.1. The summed E-state index contributed by atoms with van der Waals surface area (Å²) in [6.07, 6.45) is 4.61. The molecule has 21 heavy (non-hydrogen) atoms. The van der Waals surface area contributed by atoms with Crippen molar-refractivity contribution >= 4 is 17.2 Å². The van der Waals surface area contributed by atoms with Gasteiger partial charge in [0.2, 0.25) is 0 Å². The van der Waals surface area contributed by atoms with E-state index in [0.717, 1.165) is 17.1 Å². The summed E-state index contributed by atoms with van der Waals surface area (Å²) in [5.41, 5.74) is 0. The van der Waals surface area contributed by atoms with Crippen LogP contribution in [0.4, 0.5) is 0 Å². The molecule has 0 saturated heterocycles. The van der Waals surface area contributed by atoms with Crippen LogP contribution in [0.1, 0.15) is 46.2 Å². The number of rotatable bonds is 5. The standard InChI is InChI=1S/C15H17N3O2S/c1-2-12(14-16-8-9-17-14)18-15(20)13-7-6-11(21-13)5-3-4-10-19/h6-9,12,19H,2,4,10H2,1H3,(H,16,17)(H,18,20). The van der Waals surface area contributed by atoms with Crippen molar-refractivity contribution in [1.82, 2.24) is 15.3 Å². The van der Waals surface area contributed by atoms with E-state index < -0.39 is 0 Å². The Balaban J connectivity index is 2.02. The molecule has 0 aromatic carbocycles. The molecule has 2 aromatic heterocycles. The zero-order valence-corrected chi connectivity index (χ0v) is 12.5. The lowest BCUT2D eigenvalue weighted by atomic mass is 10.2. The van der Waals surface area contributed by atoms with Crippen molar-refractivity contribution in [2.45, 2.75) is 25.8 Å². The fourth-order valence-electron chi connectivity index (χ4n) is 1.79. The summed E-state index contributed by atoms with van der Waals surface area (Å²) in [4.78, 5) is 20.9. The van der Waals surface area contributed by atoms with Crippen molar-refractivity contribution in [2.24, 2.45) is 0 Å². The molecule has 1 amide bonds. The first-order chi connectivity index (χ1) is 10.2. The number of H-pyrrole nitrogens is 1. The molecular formula is C15H17N3O2S. The number of aromatic amines is 1. The number of nitrogens with zero attached hydrogens (tertiary/aromatic N) is 1. The molecule has 2 heterocycles. The number of nitrogens with one attached hydrogen (secondary N) is 2. The quantitative estimate of drug-likeness (QED) is 0.740. The summed E-state index contributed by atoms with van der Waals surface area (Å²) >= 11 is 1.34. The highest BCUT2D eigenvalue weighted by Crippen LogP contribution is 2.18. The Hall–Kier alpha value is -2.10. The smallest absolute Gasteiger partial charge is 0.261 e. The van der Waals surface area contributed by atoms with Gasteiger partial charge >= 0.3 is 0 Å². The molecule has 5 nitrogen and oxygen atoms in total. The average molecular weight is 303 g/mol. The monoisotopic (exact) mass is 303 g/mol. The summed E-state index contributed by atoms with van der Waals surface area (Å²) in [6.45, 7) is 2.04. The molecule has 2 aromatic rings. The molecule has 0 saturated carbocycles. The topological polar surface area (TPSA) is 78.0 Å². The summed E-state index contributed by atoms with van der Waals surface area (Å²) in [5.74, 6) is 6.40. The lowest BCUT2D eigenvalue weighted by Gasteiger charge is -2.13. The first kappa shape index (κ1) is 15.3. The first-order valence-electron chi connectivity index (χ1n) is 6.74. The number of amides is 1. The lowest BCUT2D eigenvalue weighted by molar-refractivity contribution is 0.0938. The molecule has 0 bridgehead atoms. The first-order valence-corrected chi connectivity index (χ1v) is 7.56. The minimum atomic E-state index is -0.126. The minimum Gasteiger partial charge on any atom is -0.395 e. The number of hydrogen-bond donors (Lipinski definition) is 3. The third-order valence-corrected chi connectivity index (χ3v) is 3.84. The molecule has 110 valence electrons. The number of thiophene rings is 1. The maximum absolute atomic E-state index is 12.2. The van der Waals surface area contributed by atoms with E-state index in [-0.39, 0.29) is 18.6 Å². The molecule has 6 heteroatoms. The SMILES string of the molecule is CCC(NC(=O)c1ccc(C#CCCO)s1)c1ncc[nH]1. The van der Waals surface area contributed by atoms with Gasteiger partial charge in [0.1, 0.15) is 5.82 Å². The predicted octanol–water partition coefficient (Wildman–Crippen LogP) is 2.09. The van der Waals surface area contributed by atoms with Crippen molar-refractivity contribution in [3.05, 3.63) is 40.1 Å². The zero-order valence-electron chi connectivity index (χ0n) is 11.7. The van der Waals surface area contributed by atoms with Crippen molar-refractivity contribution in [3.8, 4) is 11.8 Å². The van der Waals surface area contributed by atoms with Gasteiger partial charge in [0.25, 0.3) is 5.91 Å². The molecule has 0 aliphatic carbocycles. The van der Waals surface area contributed by atoms with Crippen LogP contribution < -0.4 is 5.32 Å².